The van der Waals surface area contributed by atoms with Crippen molar-refractivity contribution in [2.75, 3.05) is 0 Å². The lowest BCUT2D eigenvalue weighted by Gasteiger charge is -2.23. The third kappa shape index (κ3) is 2.98. The summed E-state index contributed by atoms with van der Waals surface area (Å²) in [5, 5.41) is 0.130. The molecule has 0 heterocycles. The van der Waals surface area contributed by atoms with Gasteiger partial charge < -0.3 is 0 Å². The first-order valence-corrected chi connectivity index (χ1v) is 6.08. The molecule has 1 aromatic carbocycles. The molecule has 0 aliphatic carbocycles. The molecule has 1 aromatic rings. The van der Waals surface area contributed by atoms with E-state index in [1.54, 1.807) is 0 Å². The minimum atomic E-state index is 0.130. The van der Waals surface area contributed by atoms with Crippen molar-refractivity contribution in [1.82, 2.24) is 0 Å². The van der Waals surface area contributed by atoms with E-state index in [2.05, 4.69) is 52.8 Å². The normalized spacial score (nSPS) is 15.4. The Bertz CT molecular complexity index is 328. The number of rotatable bonds is 3. The zero-order valence-electron chi connectivity index (χ0n) is 10.3. The van der Waals surface area contributed by atoms with Crippen LogP contribution in [0.5, 0.6) is 0 Å². The Morgan fingerprint density at radius 2 is 1.67 bits per heavy atom. The lowest BCUT2D eigenvalue weighted by molar-refractivity contribution is 0.405. The monoisotopic (exact) mass is 224 g/mol. The first-order chi connectivity index (χ1) is 6.93. The summed E-state index contributed by atoms with van der Waals surface area (Å²) in [6.45, 7) is 10.9. The molecule has 0 N–H and O–H groups in total. The average Bonchev–Trinajstić information content (AvgIpc) is 2.15. The molecule has 0 aliphatic heterocycles. The van der Waals surface area contributed by atoms with Crippen molar-refractivity contribution >= 4 is 11.6 Å². The molecular weight excluding hydrogens is 204 g/mol. The summed E-state index contributed by atoms with van der Waals surface area (Å²) in [6.07, 6.45) is 0. The second-order valence-electron chi connectivity index (χ2n) is 4.86. The second kappa shape index (κ2) is 5.03. The first-order valence-electron chi connectivity index (χ1n) is 5.64. The van der Waals surface area contributed by atoms with Gasteiger partial charge in [0.2, 0.25) is 0 Å². The van der Waals surface area contributed by atoms with Crippen LogP contribution in [0, 0.1) is 25.7 Å². The van der Waals surface area contributed by atoms with E-state index in [-0.39, 0.29) is 5.38 Å². The molecule has 2 unspecified atom stereocenters. The van der Waals surface area contributed by atoms with Gasteiger partial charge in [0.1, 0.15) is 0 Å². The highest BCUT2D eigenvalue weighted by Crippen LogP contribution is 2.35. The molecule has 0 saturated heterocycles. The van der Waals surface area contributed by atoms with E-state index in [9.17, 15) is 0 Å². The van der Waals surface area contributed by atoms with Crippen molar-refractivity contribution in [1.29, 1.82) is 0 Å². The van der Waals surface area contributed by atoms with Crippen molar-refractivity contribution < 1.29 is 0 Å². The summed E-state index contributed by atoms with van der Waals surface area (Å²) in [4.78, 5) is 0. The van der Waals surface area contributed by atoms with E-state index in [4.69, 9.17) is 11.6 Å². The van der Waals surface area contributed by atoms with Gasteiger partial charge in [-0.1, -0.05) is 44.5 Å². The molecule has 0 radical (unpaired) electrons. The van der Waals surface area contributed by atoms with Gasteiger partial charge in [-0.05, 0) is 36.8 Å². The maximum absolute atomic E-state index is 6.51. The summed E-state index contributed by atoms with van der Waals surface area (Å²) < 4.78 is 0. The molecular formula is C14H21Cl. The van der Waals surface area contributed by atoms with Crippen LogP contribution >= 0.6 is 11.6 Å². The Balaban J connectivity index is 2.96. The Morgan fingerprint density at radius 3 is 2.13 bits per heavy atom. The Morgan fingerprint density at radius 1 is 1.07 bits per heavy atom. The van der Waals surface area contributed by atoms with Crippen LogP contribution in [0.25, 0.3) is 0 Å². The highest BCUT2D eigenvalue weighted by molar-refractivity contribution is 6.21. The van der Waals surface area contributed by atoms with Crippen LogP contribution in [-0.2, 0) is 0 Å². The maximum Gasteiger partial charge on any atom is 0.0615 e. The first kappa shape index (κ1) is 12.6. The zero-order chi connectivity index (χ0) is 11.6. The van der Waals surface area contributed by atoms with Crippen molar-refractivity contribution in [3.63, 3.8) is 0 Å². The van der Waals surface area contributed by atoms with Gasteiger partial charge in [-0.3, -0.25) is 0 Å². The van der Waals surface area contributed by atoms with E-state index in [0.29, 0.717) is 11.8 Å². The minimum Gasteiger partial charge on any atom is -0.118 e. The molecule has 2 atom stereocenters. The topological polar surface area (TPSA) is 0 Å². The molecule has 15 heavy (non-hydrogen) atoms. The van der Waals surface area contributed by atoms with Crippen LogP contribution in [0.4, 0.5) is 0 Å². The molecule has 0 fully saturated rings. The molecule has 0 bridgehead atoms. The highest BCUT2D eigenvalue weighted by atomic mass is 35.5. The van der Waals surface area contributed by atoms with Gasteiger partial charge in [0.05, 0.1) is 5.38 Å². The van der Waals surface area contributed by atoms with Crippen molar-refractivity contribution in [3.05, 3.63) is 34.9 Å². The highest BCUT2D eigenvalue weighted by Gasteiger charge is 2.20. The summed E-state index contributed by atoms with van der Waals surface area (Å²) in [5.41, 5.74) is 3.89. The molecule has 0 nitrogen and oxygen atoms in total. The van der Waals surface area contributed by atoms with Crippen LogP contribution < -0.4 is 0 Å². The predicted octanol–water partition coefficient (Wildman–Crippen LogP) is 4.88. The van der Waals surface area contributed by atoms with Crippen LogP contribution in [0.1, 0.15) is 42.8 Å². The molecule has 1 rings (SSSR count). The fourth-order valence-corrected chi connectivity index (χ4v) is 2.29. The molecule has 1 heteroatoms. The van der Waals surface area contributed by atoms with E-state index in [0.717, 1.165) is 0 Å². The summed E-state index contributed by atoms with van der Waals surface area (Å²) in [7, 11) is 0. The summed E-state index contributed by atoms with van der Waals surface area (Å²) in [5.74, 6) is 1.13. The maximum atomic E-state index is 6.51. The number of hydrogen-bond donors (Lipinski definition) is 0. The largest absolute Gasteiger partial charge is 0.118 e. The van der Waals surface area contributed by atoms with Crippen LogP contribution in [0.3, 0.4) is 0 Å². The Labute approximate surface area is 98.7 Å². The van der Waals surface area contributed by atoms with Crippen molar-refractivity contribution in [3.8, 4) is 0 Å². The lowest BCUT2D eigenvalue weighted by atomic mass is 9.88. The van der Waals surface area contributed by atoms with Gasteiger partial charge in [-0.15, -0.1) is 11.6 Å². The van der Waals surface area contributed by atoms with E-state index in [1.165, 1.54) is 16.7 Å². The number of benzene rings is 1. The number of aryl methyl sites for hydroxylation is 2. The fraction of sp³-hybridized carbons (Fsp3) is 0.571. The van der Waals surface area contributed by atoms with E-state index in [1.807, 2.05) is 0 Å². The van der Waals surface area contributed by atoms with E-state index >= 15 is 0 Å². The van der Waals surface area contributed by atoms with Crippen LogP contribution in [-0.4, -0.2) is 0 Å². The smallest absolute Gasteiger partial charge is 0.0615 e. The SMILES string of the molecule is Cc1ccc(C(Cl)C(C)C(C)C)c(C)c1. The molecule has 0 saturated carbocycles. The van der Waals surface area contributed by atoms with Crippen molar-refractivity contribution in [2.24, 2.45) is 11.8 Å². The van der Waals surface area contributed by atoms with Gasteiger partial charge in [-0.25, -0.2) is 0 Å². The average molecular weight is 225 g/mol. The second-order valence-corrected chi connectivity index (χ2v) is 5.34. The van der Waals surface area contributed by atoms with Crippen LogP contribution in [0.2, 0.25) is 0 Å². The van der Waals surface area contributed by atoms with Gasteiger partial charge in [0.15, 0.2) is 0 Å². The minimum absolute atomic E-state index is 0.130. The standard InChI is InChI=1S/C14H21Cl/c1-9(2)12(5)14(15)13-7-6-10(3)8-11(13)4/h6-9,12,14H,1-5H3. The molecule has 0 aromatic heterocycles. The Kier molecular flexibility index (Phi) is 4.21. The molecule has 84 valence electrons. The predicted molar refractivity (Wildman–Crippen MR) is 68.5 cm³/mol. The summed E-state index contributed by atoms with van der Waals surface area (Å²) >= 11 is 6.51. The molecule has 0 amide bonds. The fourth-order valence-electron chi connectivity index (χ4n) is 1.76. The quantitative estimate of drug-likeness (QED) is 0.643. The van der Waals surface area contributed by atoms with Gasteiger partial charge in [0.25, 0.3) is 0 Å². The van der Waals surface area contributed by atoms with E-state index < -0.39 is 0 Å². The third-order valence-corrected chi connectivity index (χ3v) is 3.87. The summed E-state index contributed by atoms with van der Waals surface area (Å²) in [6, 6.07) is 6.52. The zero-order valence-corrected chi connectivity index (χ0v) is 11.1. The van der Waals surface area contributed by atoms with Gasteiger partial charge in [-0.2, -0.15) is 0 Å². The molecule has 0 aliphatic rings. The van der Waals surface area contributed by atoms with Gasteiger partial charge in [0, 0.05) is 0 Å². The number of halogens is 1. The lowest BCUT2D eigenvalue weighted by Crippen LogP contribution is -2.11. The third-order valence-electron chi connectivity index (χ3n) is 3.24. The number of alkyl halides is 1. The molecule has 0 spiro atoms. The number of hydrogen-bond acceptors (Lipinski definition) is 0. The van der Waals surface area contributed by atoms with Crippen molar-refractivity contribution in [2.45, 2.75) is 40.0 Å². The van der Waals surface area contributed by atoms with Crippen LogP contribution in [0.15, 0.2) is 18.2 Å². The van der Waals surface area contributed by atoms with Gasteiger partial charge >= 0.3 is 0 Å². The Hall–Kier alpha value is -0.490.